The van der Waals surface area contributed by atoms with Crippen LogP contribution in [0.1, 0.15) is 39.6 Å². The van der Waals surface area contributed by atoms with E-state index in [0.29, 0.717) is 5.69 Å². The van der Waals surface area contributed by atoms with Crippen LogP contribution in [0.5, 0.6) is 0 Å². The minimum absolute atomic E-state index is 0.118. The first-order chi connectivity index (χ1) is 11.2. The molecule has 0 atom stereocenters. The Morgan fingerprint density at radius 2 is 2.13 bits per heavy atom. The summed E-state index contributed by atoms with van der Waals surface area (Å²) in [6.07, 6.45) is 4.97. The SMILES string of the molecule is Cn1nc(C(=O)N2CCCC2)c2c1CN(Cc1nccs1)CC2. The Morgan fingerprint density at radius 1 is 1.30 bits per heavy atom. The van der Waals surface area contributed by atoms with E-state index >= 15 is 0 Å². The maximum absolute atomic E-state index is 12.7. The summed E-state index contributed by atoms with van der Waals surface area (Å²) in [5, 5.41) is 7.71. The lowest BCUT2D eigenvalue weighted by Gasteiger charge is -2.26. The molecule has 6 nitrogen and oxygen atoms in total. The molecule has 0 unspecified atom stereocenters. The molecule has 0 N–H and O–H groups in total. The first-order valence-electron chi connectivity index (χ1n) is 8.17. The fraction of sp³-hybridized carbons (Fsp3) is 0.562. The lowest BCUT2D eigenvalue weighted by molar-refractivity contribution is 0.0784. The molecule has 0 aromatic carbocycles. The summed E-state index contributed by atoms with van der Waals surface area (Å²) in [6.45, 7) is 4.42. The Balaban J connectivity index is 1.54. The number of carbonyl (C=O) groups is 1. The number of carbonyl (C=O) groups excluding carboxylic acids is 1. The molecule has 1 amide bonds. The molecule has 0 aliphatic carbocycles. The number of likely N-dealkylation sites (tertiary alicyclic amines) is 1. The van der Waals surface area contributed by atoms with E-state index in [1.807, 2.05) is 28.2 Å². The van der Waals surface area contributed by atoms with Gasteiger partial charge in [-0.2, -0.15) is 5.10 Å². The van der Waals surface area contributed by atoms with Gasteiger partial charge in [0.15, 0.2) is 5.69 Å². The van der Waals surface area contributed by atoms with E-state index in [4.69, 9.17) is 0 Å². The Morgan fingerprint density at radius 3 is 2.87 bits per heavy atom. The molecule has 0 spiro atoms. The average molecular weight is 331 g/mol. The van der Waals surface area contributed by atoms with Crippen LogP contribution in [-0.4, -0.2) is 50.1 Å². The van der Waals surface area contributed by atoms with Crippen LogP contribution in [0.25, 0.3) is 0 Å². The quantitative estimate of drug-likeness (QED) is 0.858. The van der Waals surface area contributed by atoms with Crippen LogP contribution in [0.2, 0.25) is 0 Å². The summed E-state index contributed by atoms with van der Waals surface area (Å²) in [5.74, 6) is 0.118. The number of rotatable bonds is 3. The second-order valence-corrected chi connectivity index (χ2v) is 7.26. The number of hydrogen-bond donors (Lipinski definition) is 0. The third-order valence-electron chi connectivity index (χ3n) is 4.76. The van der Waals surface area contributed by atoms with E-state index in [2.05, 4.69) is 15.0 Å². The van der Waals surface area contributed by atoms with E-state index in [9.17, 15) is 4.79 Å². The van der Waals surface area contributed by atoms with Gasteiger partial charge < -0.3 is 4.90 Å². The van der Waals surface area contributed by atoms with Crippen molar-refractivity contribution < 1.29 is 4.79 Å². The van der Waals surface area contributed by atoms with Crippen LogP contribution in [0.4, 0.5) is 0 Å². The summed E-state index contributed by atoms with van der Waals surface area (Å²) < 4.78 is 1.90. The smallest absolute Gasteiger partial charge is 0.274 e. The average Bonchev–Trinajstić information content (AvgIpc) is 3.29. The van der Waals surface area contributed by atoms with Crippen LogP contribution in [-0.2, 0) is 26.6 Å². The highest BCUT2D eigenvalue weighted by atomic mass is 32.1. The second kappa shape index (κ2) is 6.05. The van der Waals surface area contributed by atoms with Crippen molar-refractivity contribution in [1.29, 1.82) is 0 Å². The highest BCUT2D eigenvalue weighted by Crippen LogP contribution is 2.25. The van der Waals surface area contributed by atoms with Crippen molar-refractivity contribution in [2.75, 3.05) is 19.6 Å². The van der Waals surface area contributed by atoms with Crippen molar-refractivity contribution in [1.82, 2.24) is 24.6 Å². The topological polar surface area (TPSA) is 54.3 Å². The van der Waals surface area contributed by atoms with Crippen LogP contribution < -0.4 is 0 Å². The van der Waals surface area contributed by atoms with Gasteiger partial charge in [-0.05, 0) is 19.3 Å². The van der Waals surface area contributed by atoms with E-state index in [-0.39, 0.29) is 5.91 Å². The number of amides is 1. The molecule has 122 valence electrons. The van der Waals surface area contributed by atoms with Gasteiger partial charge in [0.05, 0.1) is 12.2 Å². The molecule has 2 aliphatic rings. The van der Waals surface area contributed by atoms with Crippen LogP contribution >= 0.6 is 11.3 Å². The summed E-state index contributed by atoms with van der Waals surface area (Å²) in [4.78, 5) is 21.4. The molecular formula is C16H21N5OS. The van der Waals surface area contributed by atoms with E-state index in [1.165, 1.54) is 5.69 Å². The van der Waals surface area contributed by atoms with Gasteiger partial charge in [0.1, 0.15) is 5.01 Å². The number of nitrogens with zero attached hydrogens (tertiary/aromatic N) is 5. The molecule has 2 aromatic rings. The molecule has 7 heteroatoms. The van der Waals surface area contributed by atoms with Crippen molar-refractivity contribution in [2.24, 2.45) is 7.05 Å². The molecule has 2 aromatic heterocycles. The summed E-state index contributed by atoms with van der Waals surface area (Å²) in [5.41, 5.74) is 3.01. The number of aryl methyl sites for hydroxylation is 1. The molecule has 0 saturated carbocycles. The zero-order valence-corrected chi connectivity index (χ0v) is 14.2. The second-order valence-electron chi connectivity index (χ2n) is 6.28. The van der Waals surface area contributed by atoms with E-state index in [0.717, 1.165) is 62.6 Å². The lowest BCUT2D eigenvalue weighted by Crippen LogP contribution is -2.32. The molecular weight excluding hydrogens is 310 g/mol. The number of thiazole rings is 1. The van der Waals surface area contributed by atoms with Gasteiger partial charge in [-0.3, -0.25) is 14.4 Å². The van der Waals surface area contributed by atoms with Gasteiger partial charge in [-0.25, -0.2) is 4.98 Å². The van der Waals surface area contributed by atoms with Crippen LogP contribution in [0, 0.1) is 0 Å². The maximum Gasteiger partial charge on any atom is 0.274 e. The number of hydrogen-bond acceptors (Lipinski definition) is 5. The molecule has 4 rings (SSSR count). The van der Waals surface area contributed by atoms with Crippen LogP contribution in [0.3, 0.4) is 0 Å². The van der Waals surface area contributed by atoms with Crippen molar-refractivity contribution in [2.45, 2.75) is 32.4 Å². The molecule has 2 aliphatic heterocycles. The predicted molar refractivity (Wildman–Crippen MR) is 88.3 cm³/mol. The fourth-order valence-electron chi connectivity index (χ4n) is 3.52. The lowest BCUT2D eigenvalue weighted by atomic mass is 10.0. The minimum Gasteiger partial charge on any atom is -0.337 e. The predicted octanol–water partition coefficient (Wildman–Crippen LogP) is 1.67. The molecule has 0 radical (unpaired) electrons. The third-order valence-corrected chi connectivity index (χ3v) is 5.53. The number of fused-ring (bicyclic) bond motifs is 1. The Bertz CT molecular complexity index is 702. The van der Waals surface area contributed by atoms with Crippen molar-refractivity contribution in [3.8, 4) is 0 Å². The van der Waals surface area contributed by atoms with E-state index < -0.39 is 0 Å². The largest absolute Gasteiger partial charge is 0.337 e. The van der Waals surface area contributed by atoms with Gasteiger partial charge in [0.25, 0.3) is 5.91 Å². The summed E-state index contributed by atoms with van der Waals surface area (Å²) in [7, 11) is 1.95. The monoisotopic (exact) mass is 331 g/mol. The molecule has 23 heavy (non-hydrogen) atoms. The van der Waals surface area contributed by atoms with Crippen molar-refractivity contribution in [3.63, 3.8) is 0 Å². The van der Waals surface area contributed by atoms with Gasteiger partial charge in [0, 0.05) is 50.4 Å². The van der Waals surface area contributed by atoms with Gasteiger partial charge >= 0.3 is 0 Å². The number of aromatic nitrogens is 3. The third kappa shape index (κ3) is 2.79. The Labute approximate surface area is 139 Å². The molecule has 4 heterocycles. The molecule has 1 saturated heterocycles. The van der Waals surface area contributed by atoms with Crippen molar-refractivity contribution >= 4 is 17.2 Å². The van der Waals surface area contributed by atoms with Crippen LogP contribution in [0.15, 0.2) is 11.6 Å². The van der Waals surface area contributed by atoms with Crippen molar-refractivity contribution in [3.05, 3.63) is 33.5 Å². The van der Waals surface area contributed by atoms with Gasteiger partial charge in [0.2, 0.25) is 0 Å². The summed E-state index contributed by atoms with van der Waals surface area (Å²) in [6, 6.07) is 0. The minimum atomic E-state index is 0.118. The maximum atomic E-state index is 12.7. The highest BCUT2D eigenvalue weighted by Gasteiger charge is 2.30. The van der Waals surface area contributed by atoms with E-state index in [1.54, 1.807) is 11.3 Å². The molecule has 1 fully saturated rings. The fourth-order valence-corrected chi connectivity index (χ4v) is 4.18. The first-order valence-corrected chi connectivity index (χ1v) is 9.05. The summed E-state index contributed by atoms with van der Waals surface area (Å²) >= 11 is 1.69. The first kappa shape index (κ1) is 14.8. The van der Waals surface area contributed by atoms with Gasteiger partial charge in [-0.1, -0.05) is 0 Å². The zero-order chi connectivity index (χ0) is 15.8. The zero-order valence-electron chi connectivity index (χ0n) is 13.4. The normalized spacial score (nSPS) is 18.4. The standard InChI is InChI=1S/C16H21N5OS/c1-19-13-10-20(11-14-17-5-9-23-14)8-4-12(13)15(18-19)16(22)21-6-2-3-7-21/h5,9H,2-4,6-8,10-11H2,1H3. The Kier molecular flexibility index (Phi) is 3.90. The Hall–Kier alpha value is -1.73. The molecule has 0 bridgehead atoms. The van der Waals surface area contributed by atoms with Gasteiger partial charge in [-0.15, -0.1) is 11.3 Å². The highest BCUT2D eigenvalue weighted by molar-refractivity contribution is 7.09.